The molecule has 0 unspecified atom stereocenters. The minimum Gasteiger partial charge on any atom is -0.872 e. The molecule has 7 nitrogen and oxygen atoms in total. The van der Waals surface area contributed by atoms with E-state index in [-0.39, 0.29) is 54.7 Å². The Morgan fingerprint density at radius 1 is 0.269 bits per heavy atom. The summed E-state index contributed by atoms with van der Waals surface area (Å²) in [7, 11) is 0. The number of aromatic nitrogens is 4. The zero-order valence-electron chi connectivity index (χ0n) is 51.0. The van der Waals surface area contributed by atoms with Gasteiger partial charge in [-0.3, -0.25) is 0 Å². The molecule has 0 aliphatic rings. The Kier molecular flexibility index (Phi) is 15.8. The molecule has 0 aliphatic carbocycles. The van der Waals surface area contributed by atoms with Crippen molar-refractivity contribution < 1.29 is 58.4 Å². The molecule has 0 aliphatic heterocycles. The Hall–Kier alpha value is -11.0. The summed E-state index contributed by atoms with van der Waals surface area (Å²) in [6.45, 7) is 0. The number of phenols is 1. The fourth-order valence-corrected chi connectivity index (χ4v) is 13.4. The van der Waals surface area contributed by atoms with Crippen LogP contribution in [-0.4, -0.2) is 25.5 Å². The molecule has 0 bridgehead atoms. The summed E-state index contributed by atoms with van der Waals surface area (Å²) >= 11 is 0. The molecule has 0 amide bonds. The van der Waals surface area contributed by atoms with Gasteiger partial charge in [0.1, 0.15) is 11.3 Å². The van der Waals surface area contributed by atoms with Gasteiger partial charge in [0.15, 0.2) is 0 Å². The number of hydrogen-bond donors (Lipinski definition) is 1. The molecular weight excluding hydrogens is 1130 g/mol. The molecular formula is C84H53Li2N4O3+. The van der Waals surface area contributed by atoms with Crippen LogP contribution in [0.3, 0.4) is 0 Å². The standard InChI is InChI=1S/2C42H26N2O.2Li.H2O/c2*45-40-12-6-5-11-36(40)39-24-21-29-18-17-28-20-23-38(43-41(28)42(29)44-39)27-15-13-26(14-16-27)30-19-22-35-33-9-2-1-7-31(33)32-8-3-4-10-34(32)37(35)25-30;;;/h2*1-25,45H;;;1H2/q;;2*+1;/p-1. The SMILES string of the molecule is Oc1ccccc1-c1ccc2ccc3ccc(-c4ccc(-c5ccc6c7ccccc7c7ccccc7c6c5)cc4)nc3c2n1.[Li+].[Li+].[O-]c1ccccc1-c1ccc2ccc3ccc(-c4ccc(-c5ccc6c7ccccc7c7ccccc7c6c5)cc4)nc3c2[nH+]1.[OH-]. The van der Waals surface area contributed by atoms with Crippen molar-refractivity contribution in [2.24, 2.45) is 0 Å². The molecule has 9 heteroatoms. The number of hydrogen-bond acceptors (Lipinski definition) is 6. The predicted molar refractivity (Wildman–Crippen MR) is 374 cm³/mol. The molecule has 0 spiro atoms. The van der Waals surface area contributed by atoms with Crippen molar-refractivity contribution in [2.75, 3.05) is 0 Å². The zero-order chi connectivity index (χ0) is 59.8. The van der Waals surface area contributed by atoms with Crippen LogP contribution < -0.4 is 47.8 Å². The molecule has 0 saturated carbocycles. The van der Waals surface area contributed by atoms with Gasteiger partial charge in [0.2, 0.25) is 11.2 Å². The van der Waals surface area contributed by atoms with E-state index in [1.165, 1.54) is 81.3 Å². The van der Waals surface area contributed by atoms with Gasteiger partial charge < -0.3 is 15.7 Å². The Bertz CT molecular complexity index is 5520. The molecule has 93 heavy (non-hydrogen) atoms. The van der Waals surface area contributed by atoms with E-state index >= 15 is 0 Å². The third-order valence-electron chi connectivity index (χ3n) is 18.0. The number of nitrogens with zero attached hydrogens (tertiary/aromatic N) is 3. The number of aromatic amines is 1. The van der Waals surface area contributed by atoms with E-state index < -0.39 is 0 Å². The number of benzene rings is 14. The monoisotopic (exact) mass is 1180 g/mol. The van der Waals surface area contributed by atoms with Crippen LogP contribution in [0.1, 0.15) is 0 Å². The summed E-state index contributed by atoms with van der Waals surface area (Å²) in [4.78, 5) is 18.7. The first-order chi connectivity index (χ1) is 44.4. The fourth-order valence-electron chi connectivity index (χ4n) is 13.4. The molecule has 14 aromatic carbocycles. The van der Waals surface area contributed by atoms with Gasteiger partial charge >= 0.3 is 37.7 Å². The van der Waals surface area contributed by atoms with E-state index in [2.05, 4.69) is 236 Å². The molecule has 18 aromatic rings. The van der Waals surface area contributed by atoms with Crippen LogP contribution in [0.5, 0.6) is 11.5 Å². The normalized spacial score (nSPS) is 11.3. The van der Waals surface area contributed by atoms with Crippen molar-refractivity contribution in [1.29, 1.82) is 0 Å². The number of fused-ring (bicyclic) bond motifs is 18. The first-order valence-corrected chi connectivity index (χ1v) is 30.3. The van der Waals surface area contributed by atoms with Crippen molar-refractivity contribution in [3.8, 4) is 78.8 Å². The van der Waals surface area contributed by atoms with Crippen molar-refractivity contribution >= 4 is 108 Å². The number of phenolic OH excluding ortho intramolecular Hbond substituents is 1. The molecule has 0 saturated heterocycles. The van der Waals surface area contributed by atoms with Gasteiger partial charge in [0.05, 0.1) is 28.1 Å². The quantitative estimate of drug-likeness (QED) is 0.131. The van der Waals surface area contributed by atoms with Gasteiger partial charge in [-0.15, -0.1) is 0 Å². The smallest absolute Gasteiger partial charge is 0.872 e. The number of nitrogens with one attached hydrogen (secondary N) is 1. The molecule has 0 radical (unpaired) electrons. The van der Waals surface area contributed by atoms with Crippen LogP contribution in [0, 0.1) is 0 Å². The van der Waals surface area contributed by atoms with Gasteiger partial charge in [-0.05, 0) is 148 Å². The van der Waals surface area contributed by atoms with Gasteiger partial charge in [0, 0.05) is 49.9 Å². The van der Waals surface area contributed by atoms with Crippen LogP contribution in [0.4, 0.5) is 0 Å². The summed E-state index contributed by atoms with van der Waals surface area (Å²) in [5.74, 6) is 0.210. The van der Waals surface area contributed by atoms with Crippen molar-refractivity contribution in [2.45, 2.75) is 0 Å². The number of pyridine rings is 4. The Labute approximate surface area is 559 Å². The average molecular weight is 1180 g/mol. The third kappa shape index (κ3) is 10.6. The molecule has 4 heterocycles. The van der Waals surface area contributed by atoms with Crippen LogP contribution in [0.15, 0.2) is 303 Å². The van der Waals surface area contributed by atoms with Crippen LogP contribution in [-0.2, 0) is 0 Å². The van der Waals surface area contributed by atoms with E-state index in [1.807, 2.05) is 54.6 Å². The largest absolute Gasteiger partial charge is 1.00 e. The van der Waals surface area contributed by atoms with Gasteiger partial charge in [0.25, 0.3) is 0 Å². The van der Waals surface area contributed by atoms with Gasteiger partial charge in [-0.25, -0.2) is 19.9 Å². The molecule has 18 rings (SSSR count). The first-order valence-electron chi connectivity index (χ1n) is 30.3. The second kappa shape index (κ2) is 24.7. The number of para-hydroxylation sites is 2. The van der Waals surface area contributed by atoms with Crippen LogP contribution in [0.25, 0.3) is 176 Å². The summed E-state index contributed by atoms with van der Waals surface area (Å²) in [6, 6.07) is 105. The molecule has 3 N–H and O–H groups in total. The van der Waals surface area contributed by atoms with Gasteiger partial charge in [-0.1, -0.05) is 242 Å². The maximum absolute atomic E-state index is 12.5. The Balaban J connectivity index is 0.000000156. The maximum atomic E-state index is 12.5. The molecule has 4 aromatic heterocycles. The molecule has 0 atom stereocenters. The zero-order valence-corrected chi connectivity index (χ0v) is 51.0. The third-order valence-corrected chi connectivity index (χ3v) is 18.0. The van der Waals surface area contributed by atoms with E-state index in [0.29, 0.717) is 11.1 Å². The van der Waals surface area contributed by atoms with Gasteiger partial charge in [-0.2, -0.15) is 0 Å². The predicted octanol–water partition coefficient (Wildman–Crippen LogP) is 14.5. The topological polar surface area (TPSA) is 126 Å². The fraction of sp³-hybridized carbons (Fsp3) is 0. The summed E-state index contributed by atoms with van der Waals surface area (Å²) in [5, 5.41) is 42.4. The Morgan fingerprint density at radius 3 is 1.05 bits per heavy atom. The van der Waals surface area contributed by atoms with E-state index in [4.69, 9.17) is 15.0 Å². The summed E-state index contributed by atoms with van der Waals surface area (Å²) in [5.41, 5.74) is 14.9. The number of H-pyrrole nitrogens is 1. The Morgan fingerprint density at radius 2 is 0.591 bits per heavy atom. The first kappa shape index (κ1) is 59.6. The minimum atomic E-state index is -0.00461. The van der Waals surface area contributed by atoms with E-state index in [1.54, 1.807) is 18.2 Å². The summed E-state index contributed by atoms with van der Waals surface area (Å²) < 4.78 is 0. The van der Waals surface area contributed by atoms with E-state index in [0.717, 1.165) is 83.1 Å². The van der Waals surface area contributed by atoms with Crippen molar-refractivity contribution in [3.63, 3.8) is 0 Å². The minimum absolute atomic E-state index is 0. The van der Waals surface area contributed by atoms with Crippen molar-refractivity contribution in [3.05, 3.63) is 303 Å². The molecule has 0 fully saturated rings. The van der Waals surface area contributed by atoms with Crippen molar-refractivity contribution in [1.82, 2.24) is 15.0 Å². The maximum Gasteiger partial charge on any atom is 1.00 e. The number of rotatable bonds is 6. The van der Waals surface area contributed by atoms with Crippen LogP contribution >= 0.6 is 0 Å². The number of aromatic hydroxyl groups is 1. The van der Waals surface area contributed by atoms with Crippen LogP contribution in [0.2, 0.25) is 0 Å². The second-order valence-electron chi connectivity index (χ2n) is 23.1. The second-order valence-corrected chi connectivity index (χ2v) is 23.1. The average Bonchev–Trinajstić information content (AvgIpc) is 0.785. The summed E-state index contributed by atoms with van der Waals surface area (Å²) in [6.07, 6.45) is 0. The molecule has 428 valence electrons. The van der Waals surface area contributed by atoms with E-state index in [9.17, 15) is 10.2 Å².